The zero-order valence-corrected chi connectivity index (χ0v) is 11.7. The molecule has 0 bridgehead atoms. The van der Waals surface area contributed by atoms with E-state index in [0.29, 0.717) is 33.6 Å². The average Bonchev–Trinajstić information content (AvgIpc) is 2.66. The first-order chi connectivity index (χ1) is 9.68. The fourth-order valence-electron chi connectivity index (χ4n) is 1.98. The smallest absolute Gasteiger partial charge is 0.151 e. The molecule has 0 aliphatic carbocycles. The van der Waals surface area contributed by atoms with E-state index in [9.17, 15) is 4.39 Å². The second-order valence-corrected chi connectivity index (χ2v) is 4.88. The Morgan fingerprint density at radius 2 is 2.00 bits per heavy atom. The van der Waals surface area contributed by atoms with Crippen LogP contribution in [0.25, 0.3) is 0 Å². The van der Waals surface area contributed by atoms with Crippen LogP contribution in [0.2, 0.25) is 10.0 Å². The molecule has 3 rings (SSSR count). The lowest BCUT2D eigenvalue weighted by atomic mass is 10.0. The van der Waals surface area contributed by atoms with E-state index in [0.717, 1.165) is 0 Å². The minimum Gasteiger partial charge on any atom is -0.276 e. The summed E-state index contributed by atoms with van der Waals surface area (Å²) in [6.45, 7) is 0.327. The lowest BCUT2D eigenvalue weighted by molar-refractivity contribution is 0.618. The SMILES string of the molecule is Fc1cccnc1C1=NCC=Nc2ccc(Cl)c(Cl)c21. The van der Waals surface area contributed by atoms with Crippen LogP contribution in [0.5, 0.6) is 0 Å². The summed E-state index contributed by atoms with van der Waals surface area (Å²) in [5, 5.41) is 0.665. The number of halogens is 3. The summed E-state index contributed by atoms with van der Waals surface area (Å²) in [5.41, 5.74) is 1.61. The largest absolute Gasteiger partial charge is 0.276 e. The fraction of sp³-hybridized carbons (Fsp3) is 0.0714. The van der Waals surface area contributed by atoms with Gasteiger partial charge in [-0.3, -0.25) is 15.0 Å². The molecule has 0 unspecified atom stereocenters. The Morgan fingerprint density at radius 1 is 1.15 bits per heavy atom. The summed E-state index contributed by atoms with van der Waals surface area (Å²) >= 11 is 12.3. The first kappa shape index (κ1) is 13.2. The van der Waals surface area contributed by atoms with Crippen molar-refractivity contribution in [2.24, 2.45) is 9.98 Å². The normalized spacial score (nSPS) is 13.7. The monoisotopic (exact) mass is 307 g/mol. The molecule has 0 saturated carbocycles. The highest BCUT2D eigenvalue weighted by Crippen LogP contribution is 2.35. The van der Waals surface area contributed by atoms with Crippen LogP contribution in [-0.2, 0) is 0 Å². The number of nitrogens with zero attached hydrogens (tertiary/aromatic N) is 3. The second-order valence-electron chi connectivity index (χ2n) is 4.09. The van der Waals surface area contributed by atoms with Crippen molar-refractivity contribution >= 4 is 40.8 Å². The van der Waals surface area contributed by atoms with Gasteiger partial charge in [-0.05, 0) is 24.3 Å². The van der Waals surface area contributed by atoms with Gasteiger partial charge in [-0.25, -0.2) is 4.39 Å². The Morgan fingerprint density at radius 3 is 2.80 bits per heavy atom. The van der Waals surface area contributed by atoms with E-state index in [1.807, 2.05) is 0 Å². The van der Waals surface area contributed by atoms with Crippen molar-refractivity contribution in [3.63, 3.8) is 0 Å². The van der Waals surface area contributed by atoms with E-state index < -0.39 is 5.82 Å². The van der Waals surface area contributed by atoms with Crippen LogP contribution in [-0.4, -0.2) is 23.5 Å². The minimum absolute atomic E-state index is 0.142. The zero-order chi connectivity index (χ0) is 14.1. The lowest BCUT2D eigenvalue weighted by Crippen LogP contribution is -2.10. The van der Waals surface area contributed by atoms with E-state index in [4.69, 9.17) is 23.2 Å². The number of aromatic nitrogens is 1. The Kier molecular flexibility index (Phi) is 3.51. The fourth-order valence-corrected chi connectivity index (χ4v) is 2.38. The molecule has 0 saturated heterocycles. The predicted octanol–water partition coefficient (Wildman–Crippen LogP) is 4.08. The average molecular weight is 308 g/mol. The second kappa shape index (κ2) is 5.31. The third-order valence-electron chi connectivity index (χ3n) is 2.85. The zero-order valence-electron chi connectivity index (χ0n) is 10.1. The number of pyridine rings is 1. The number of rotatable bonds is 1. The molecule has 0 fully saturated rings. The maximum absolute atomic E-state index is 14.0. The summed E-state index contributed by atoms with van der Waals surface area (Å²) in [5.74, 6) is -0.463. The van der Waals surface area contributed by atoms with Gasteiger partial charge < -0.3 is 0 Å². The molecule has 20 heavy (non-hydrogen) atoms. The molecule has 2 aromatic rings. The molecule has 1 aliphatic heterocycles. The van der Waals surface area contributed by atoms with Gasteiger partial charge in [0, 0.05) is 18.0 Å². The molecule has 100 valence electrons. The number of hydrogen-bond acceptors (Lipinski definition) is 3. The summed E-state index contributed by atoms with van der Waals surface area (Å²) in [6.07, 6.45) is 3.14. The highest BCUT2D eigenvalue weighted by atomic mass is 35.5. The number of benzene rings is 1. The third kappa shape index (κ3) is 2.21. The van der Waals surface area contributed by atoms with Crippen LogP contribution in [0, 0.1) is 5.82 Å². The van der Waals surface area contributed by atoms with Gasteiger partial charge >= 0.3 is 0 Å². The first-order valence-electron chi connectivity index (χ1n) is 5.84. The molecule has 0 atom stereocenters. The van der Waals surface area contributed by atoms with Crippen molar-refractivity contribution in [1.82, 2.24) is 4.98 Å². The van der Waals surface area contributed by atoms with Crippen LogP contribution in [0.4, 0.5) is 10.1 Å². The summed E-state index contributed by atoms with van der Waals surface area (Å²) in [4.78, 5) is 12.6. The quantitative estimate of drug-likeness (QED) is 0.782. The summed E-state index contributed by atoms with van der Waals surface area (Å²) < 4.78 is 14.0. The van der Waals surface area contributed by atoms with Crippen LogP contribution < -0.4 is 0 Å². The Labute approximate surface area is 124 Å². The van der Waals surface area contributed by atoms with Gasteiger partial charge in [0.05, 0.1) is 28.0 Å². The number of aliphatic imine (C=N–C) groups is 2. The number of hydrogen-bond donors (Lipinski definition) is 0. The van der Waals surface area contributed by atoms with E-state index >= 15 is 0 Å². The van der Waals surface area contributed by atoms with Crippen molar-refractivity contribution in [2.75, 3.05) is 6.54 Å². The number of fused-ring (bicyclic) bond motifs is 1. The van der Waals surface area contributed by atoms with Crippen molar-refractivity contribution in [1.29, 1.82) is 0 Å². The Hall–Kier alpha value is -1.78. The summed E-state index contributed by atoms with van der Waals surface area (Å²) in [7, 11) is 0. The van der Waals surface area contributed by atoms with Crippen LogP contribution in [0.3, 0.4) is 0 Å². The summed E-state index contributed by atoms with van der Waals surface area (Å²) in [6, 6.07) is 6.22. The molecule has 1 aromatic heterocycles. The van der Waals surface area contributed by atoms with Gasteiger partial charge in [-0.1, -0.05) is 23.2 Å². The van der Waals surface area contributed by atoms with Gasteiger partial charge in [0.15, 0.2) is 5.82 Å². The molecule has 0 N–H and O–H groups in total. The van der Waals surface area contributed by atoms with Crippen molar-refractivity contribution in [2.45, 2.75) is 0 Å². The molecule has 0 amide bonds. The molecular weight excluding hydrogens is 300 g/mol. The van der Waals surface area contributed by atoms with Crippen molar-refractivity contribution < 1.29 is 4.39 Å². The van der Waals surface area contributed by atoms with Crippen LogP contribution in [0.15, 0.2) is 40.4 Å². The van der Waals surface area contributed by atoms with Gasteiger partial charge in [0.1, 0.15) is 5.69 Å². The maximum Gasteiger partial charge on any atom is 0.151 e. The highest BCUT2D eigenvalue weighted by Gasteiger charge is 2.22. The topological polar surface area (TPSA) is 37.6 Å². The van der Waals surface area contributed by atoms with Crippen molar-refractivity contribution in [3.8, 4) is 0 Å². The maximum atomic E-state index is 14.0. The molecular formula is C14H8Cl2FN3. The minimum atomic E-state index is -0.463. The molecule has 0 spiro atoms. The third-order valence-corrected chi connectivity index (χ3v) is 3.66. The van der Waals surface area contributed by atoms with Gasteiger partial charge in [0.25, 0.3) is 0 Å². The molecule has 1 aliphatic rings. The standard InChI is InChI=1S/C14H8Cl2FN3/c15-8-3-4-10-11(12(8)16)14(20-7-6-18-10)13-9(17)2-1-5-19-13/h1-6H,7H2. The molecule has 6 heteroatoms. The van der Waals surface area contributed by atoms with E-state index in [-0.39, 0.29) is 5.69 Å². The molecule has 2 heterocycles. The van der Waals surface area contributed by atoms with E-state index in [1.54, 1.807) is 18.3 Å². The highest BCUT2D eigenvalue weighted by molar-refractivity contribution is 6.45. The van der Waals surface area contributed by atoms with Gasteiger partial charge in [-0.15, -0.1) is 0 Å². The Balaban J connectivity index is 2.29. The molecule has 0 radical (unpaired) electrons. The van der Waals surface area contributed by atoms with Crippen LogP contribution >= 0.6 is 23.2 Å². The first-order valence-corrected chi connectivity index (χ1v) is 6.60. The lowest BCUT2D eigenvalue weighted by Gasteiger charge is -2.11. The predicted molar refractivity (Wildman–Crippen MR) is 79.3 cm³/mol. The van der Waals surface area contributed by atoms with Gasteiger partial charge in [0.2, 0.25) is 0 Å². The van der Waals surface area contributed by atoms with Crippen molar-refractivity contribution in [3.05, 3.63) is 57.6 Å². The molecule has 3 nitrogen and oxygen atoms in total. The van der Waals surface area contributed by atoms with Crippen LogP contribution in [0.1, 0.15) is 11.3 Å². The van der Waals surface area contributed by atoms with E-state index in [2.05, 4.69) is 15.0 Å². The van der Waals surface area contributed by atoms with Gasteiger partial charge in [-0.2, -0.15) is 0 Å². The Bertz CT molecular complexity index is 741. The molecule has 1 aromatic carbocycles. The van der Waals surface area contributed by atoms with E-state index in [1.165, 1.54) is 18.3 Å².